The fourth-order valence-corrected chi connectivity index (χ4v) is 1.12. The Morgan fingerprint density at radius 2 is 2.13 bits per heavy atom. The van der Waals surface area contributed by atoms with E-state index < -0.39 is 11.6 Å². The molecule has 0 amide bonds. The lowest BCUT2D eigenvalue weighted by Crippen LogP contribution is -2.19. The Kier molecular flexibility index (Phi) is 3.26. The predicted octanol–water partition coefficient (Wildman–Crippen LogP) is 1.14. The van der Waals surface area contributed by atoms with E-state index in [0.717, 1.165) is 0 Å². The van der Waals surface area contributed by atoms with Gasteiger partial charge in [-0.05, 0) is 31.5 Å². The summed E-state index contributed by atoms with van der Waals surface area (Å²) in [4.78, 5) is 18.7. The van der Waals surface area contributed by atoms with Gasteiger partial charge in [-0.15, -0.1) is 0 Å². The fourth-order valence-electron chi connectivity index (χ4n) is 0.940. The Balaban J connectivity index is 3.23. The van der Waals surface area contributed by atoms with Crippen LogP contribution in [0.2, 0.25) is 5.28 Å². The van der Waals surface area contributed by atoms with Gasteiger partial charge in [0.2, 0.25) is 5.28 Å². The quantitative estimate of drug-likeness (QED) is 0.609. The smallest absolute Gasteiger partial charge is 0.356 e. The predicted molar refractivity (Wildman–Crippen MR) is 53.6 cm³/mol. The third-order valence-electron chi connectivity index (χ3n) is 1.72. The van der Waals surface area contributed by atoms with Crippen LogP contribution in [0.25, 0.3) is 0 Å². The van der Waals surface area contributed by atoms with Crippen LogP contribution in [0.15, 0.2) is 6.07 Å². The van der Waals surface area contributed by atoms with Crippen molar-refractivity contribution in [2.45, 2.75) is 19.4 Å². The molecule has 1 aromatic heterocycles. The van der Waals surface area contributed by atoms with Crippen LogP contribution < -0.4 is 0 Å². The zero-order chi connectivity index (χ0) is 11.6. The molecule has 0 saturated heterocycles. The Labute approximate surface area is 92.1 Å². The van der Waals surface area contributed by atoms with Crippen LogP contribution in [0.4, 0.5) is 0 Å². The van der Waals surface area contributed by atoms with E-state index >= 15 is 0 Å². The third-order valence-corrected chi connectivity index (χ3v) is 1.89. The van der Waals surface area contributed by atoms with Gasteiger partial charge in [0, 0.05) is 0 Å². The summed E-state index contributed by atoms with van der Waals surface area (Å²) in [6.07, 6.45) is 0. The Morgan fingerprint density at radius 3 is 2.60 bits per heavy atom. The zero-order valence-corrected chi connectivity index (χ0v) is 9.37. The summed E-state index contributed by atoms with van der Waals surface area (Å²) in [7, 11) is 1.24. The van der Waals surface area contributed by atoms with Gasteiger partial charge in [0.05, 0.1) is 12.8 Å². The summed E-state index contributed by atoms with van der Waals surface area (Å²) in [6.45, 7) is 3.07. The molecule has 6 heteroatoms. The van der Waals surface area contributed by atoms with Gasteiger partial charge in [0.25, 0.3) is 0 Å². The van der Waals surface area contributed by atoms with Crippen molar-refractivity contribution in [3.8, 4) is 0 Å². The minimum absolute atomic E-state index is 0.0228. The number of halogens is 1. The SMILES string of the molecule is COC(=O)c1cc(C(C)(C)O)nc(Cl)n1. The van der Waals surface area contributed by atoms with Crippen LogP contribution in [0.1, 0.15) is 30.0 Å². The maximum absolute atomic E-state index is 11.2. The first-order chi connectivity index (χ1) is 6.84. The molecule has 0 aliphatic rings. The molecule has 0 aromatic carbocycles. The fraction of sp³-hybridized carbons (Fsp3) is 0.444. The van der Waals surface area contributed by atoms with E-state index in [-0.39, 0.29) is 16.7 Å². The first kappa shape index (κ1) is 11.9. The second kappa shape index (κ2) is 4.12. The molecule has 0 fully saturated rings. The summed E-state index contributed by atoms with van der Waals surface area (Å²) < 4.78 is 4.49. The molecule has 82 valence electrons. The standard InChI is InChI=1S/C9H11ClN2O3/c1-9(2,14)6-4-5(7(13)15-3)11-8(10)12-6/h4,14H,1-3H3. The molecule has 0 unspecified atom stereocenters. The van der Waals surface area contributed by atoms with Crippen molar-refractivity contribution in [2.24, 2.45) is 0 Å². The number of hydrogen-bond acceptors (Lipinski definition) is 5. The van der Waals surface area contributed by atoms with Crippen LogP contribution in [0.5, 0.6) is 0 Å². The lowest BCUT2D eigenvalue weighted by molar-refractivity contribution is 0.0589. The molecular formula is C9H11ClN2O3. The van der Waals surface area contributed by atoms with Crippen LogP contribution in [-0.2, 0) is 10.3 Å². The van der Waals surface area contributed by atoms with Crippen molar-refractivity contribution in [3.05, 3.63) is 22.7 Å². The van der Waals surface area contributed by atoms with Crippen molar-refractivity contribution >= 4 is 17.6 Å². The maximum atomic E-state index is 11.2. The van der Waals surface area contributed by atoms with Gasteiger partial charge in [0.1, 0.15) is 5.60 Å². The Hall–Kier alpha value is -1.20. The second-order valence-electron chi connectivity index (χ2n) is 3.46. The highest BCUT2D eigenvalue weighted by Crippen LogP contribution is 2.19. The third kappa shape index (κ3) is 2.87. The summed E-state index contributed by atoms with van der Waals surface area (Å²) >= 11 is 5.62. The zero-order valence-electron chi connectivity index (χ0n) is 8.61. The number of methoxy groups -OCH3 is 1. The number of ether oxygens (including phenoxy) is 1. The number of esters is 1. The van der Waals surface area contributed by atoms with E-state index in [2.05, 4.69) is 14.7 Å². The van der Waals surface area contributed by atoms with Gasteiger partial charge < -0.3 is 9.84 Å². The minimum Gasteiger partial charge on any atom is -0.464 e. The molecule has 0 spiro atoms. The lowest BCUT2D eigenvalue weighted by Gasteiger charge is -2.16. The van der Waals surface area contributed by atoms with Gasteiger partial charge in [0.15, 0.2) is 5.69 Å². The number of hydrogen-bond donors (Lipinski definition) is 1. The second-order valence-corrected chi connectivity index (χ2v) is 3.80. The molecule has 0 saturated carbocycles. The molecular weight excluding hydrogens is 220 g/mol. The maximum Gasteiger partial charge on any atom is 0.356 e. The molecule has 1 aromatic rings. The first-order valence-corrected chi connectivity index (χ1v) is 4.58. The van der Waals surface area contributed by atoms with Crippen LogP contribution in [0.3, 0.4) is 0 Å². The van der Waals surface area contributed by atoms with Gasteiger partial charge in [-0.2, -0.15) is 0 Å². The van der Waals surface area contributed by atoms with Crippen LogP contribution in [-0.4, -0.2) is 28.2 Å². The topological polar surface area (TPSA) is 72.3 Å². The van der Waals surface area contributed by atoms with Crippen LogP contribution >= 0.6 is 11.6 Å². The number of aliphatic hydroxyl groups is 1. The highest BCUT2D eigenvalue weighted by Gasteiger charge is 2.21. The normalized spacial score (nSPS) is 11.3. The minimum atomic E-state index is -1.19. The molecule has 0 bridgehead atoms. The molecule has 0 atom stereocenters. The van der Waals surface area contributed by atoms with E-state index in [1.165, 1.54) is 27.0 Å². The molecule has 5 nitrogen and oxygen atoms in total. The number of carbonyl (C=O) groups is 1. The molecule has 1 N–H and O–H groups in total. The summed E-state index contributed by atoms with van der Waals surface area (Å²) in [6, 6.07) is 1.34. The summed E-state index contributed by atoms with van der Waals surface area (Å²) in [5, 5.41) is 9.59. The van der Waals surface area contributed by atoms with Crippen molar-refractivity contribution in [3.63, 3.8) is 0 Å². The highest BCUT2D eigenvalue weighted by molar-refractivity contribution is 6.28. The monoisotopic (exact) mass is 230 g/mol. The van der Waals surface area contributed by atoms with Gasteiger partial charge in [-0.3, -0.25) is 0 Å². The van der Waals surface area contributed by atoms with Gasteiger partial charge in [-0.25, -0.2) is 14.8 Å². The largest absolute Gasteiger partial charge is 0.464 e. The van der Waals surface area contributed by atoms with Gasteiger partial charge >= 0.3 is 5.97 Å². The van der Waals surface area contributed by atoms with Crippen molar-refractivity contribution in [1.29, 1.82) is 0 Å². The number of nitrogens with zero attached hydrogens (tertiary/aromatic N) is 2. The number of carbonyl (C=O) groups excluding carboxylic acids is 1. The van der Waals surface area contributed by atoms with Crippen molar-refractivity contribution in [2.75, 3.05) is 7.11 Å². The van der Waals surface area contributed by atoms with E-state index in [1.54, 1.807) is 0 Å². The molecule has 0 radical (unpaired) electrons. The van der Waals surface area contributed by atoms with Crippen LogP contribution in [0, 0.1) is 0 Å². The molecule has 0 aliphatic heterocycles. The number of rotatable bonds is 2. The molecule has 15 heavy (non-hydrogen) atoms. The molecule has 0 aliphatic carbocycles. The number of aromatic nitrogens is 2. The average Bonchev–Trinajstić information content (AvgIpc) is 2.14. The molecule has 1 rings (SSSR count). The average molecular weight is 231 g/mol. The first-order valence-electron chi connectivity index (χ1n) is 4.20. The Bertz CT molecular complexity index is 387. The van der Waals surface area contributed by atoms with E-state index in [0.29, 0.717) is 0 Å². The highest BCUT2D eigenvalue weighted by atomic mass is 35.5. The van der Waals surface area contributed by atoms with Gasteiger partial charge in [-0.1, -0.05) is 0 Å². The Morgan fingerprint density at radius 1 is 1.53 bits per heavy atom. The van der Waals surface area contributed by atoms with E-state index in [1.807, 2.05) is 0 Å². The van der Waals surface area contributed by atoms with E-state index in [4.69, 9.17) is 11.6 Å². The van der Waals surface area contributed by atoms with Crippen molar-refractivity contribution in [1.82, 2.24) is 9.97 Å². The van der Waals surface area contributed by atoms with Crippen molar-refractivity contribution < 1.29 is 14.6 Å². The molecule has 1 heterocycles. The lowest BCUT2D eigenvalue weighted by atomic mass is 10.0. The summed E-state index contributed by atoms with van der Waals surface area (Å²) in [5.41, 5.74) is -0.896. The summed E-state index contributed by atoms with van der Waals surface area (Å²) in [5.74, 6) is -0.621. The van der Waals surface area contributed by atoms with E-state index in [9.17, 15) is 9.90 Å².